The van der Waals surface area contributed by atoms with E-state index in [0.717, 1.165) is 29.4 Å². The van der Waals surface area contributed by atoms with E-state index >= 15 is 0 Å². The van der Waals surface area contributed by atoms with Crippen LogP contribution in [0.4, 0.5) is 0 Å². The van der Waals surface area contributed by atoms with Crippen molar-refractivity contribution in [3.63, 3.8) is 0 Å². The number of benzene rings is 1. The highest BCUT2D eigenvalue weighted by Crippen LogP contribution is 2.40. The quantitative estimate of drug-likeness (QED) is 0.612. The first-order chi connectivity index (χ1) is 11.4. The predicted octanol–water partition coefficient (Wildman–Crippen LogP) is 4.52. The summed E-state index contributed by atoms with van der Waals surface area (Å²) >= 11 is 0. The van der Waals surface area contributed by atoms with E-state index in [1.54, 1.807) is 13.0 Å². The monoisotopic (exact) mass is 326 g/mol. The zero-order chi connectivity index (χ0) is 17.5. The van der Waals surface area contributed by atoms with Crippen molar-refractivity contribution in [2.24, 2.45) is 0 Å². The molecule has 0 aliphatic carbocycles. The van der Waals surface area contributed by atoms with Gasteiger partial charge in [0.2, 0.25) is 0 Å². The minimum Gasteiger partial charge on any atom is -0.482 e. The maximum atomic E-state index is 12.4. The Bertz CT molecular complexity index is 900. The van der Waals surface area contributed by atoms with Crippen molar-refractivity contribution in [1.29, 1.82) is 0 Å². The fourth-order valence-corrected chi connectivity index (χ4v) is 3.10. The lowest BCUT2D eigenvalue weighted by atomic mass is 9.93. The molecule has 0 bridgehead atoms. The number of rotatable bonds is 4. The van der Waals surface area contributed by atoms with Crippen LogP contribution in [0.3, 0.4) is 0 Å². The van der Waals surface area contributed by atoms with Gasteiger partial charge in [-0.1, -0.05) is 26.3 Å². The molecular formula is C20H22O4. The van der Waals surface area contributed by atoms with Crippen molar-refractivity contribution in [2.45, 2.75) is 52.6 Å². The molecule has 2 heterocycles. The van der Waals surface area contributed by atoms with E-state index in [0.29, 0.717) is 23.3 Å². The molecule has 24 heavy (non-hydrogen) atoms. The Labute approximate surface area is 141 Å². The van der Waals surface area contributed by atoms with E-state index < -0.39 is 11.2 Å². The fraction of sp³-hybridized carbons (Fsp3) is 0.400. The highest BCUT2D eigenvalue weighted by molar-refractivity contribution is 6.09. The molecular weight excluding hydrogens is 304 g/mol. The van der Waals surface area contributed by atoms with Crippen molar-refractivity contribution >= 4 is 22.8 Å². The van der Waals surface area contributed by atoms with E-state index in [9.17, 15) is 9.59 Å². The second-order valence-corrected chi connectivity index (χ2v) is 6.70. The van der Waals surface area contributed by atoms with Crippen LogP contribution >= 0.6 is 0 Å². The normalized spacial score (nSPS) is 15.2. The molecule has 3 rings (SSSR count). The standard InChI is InChI=1S/C20H22O4/c1-5-7-12-11-16(22)23-19-14(15(21)6-2)10-13-8-9-20(3,4)24-18(13)17(12)19/h8-11H,5-7H2,1-4H3. The van der Waals surface area contributed by atoms with Gasteiger partial charge in [-0.05, 0) is 38.0 Å². The maximum absolute atomic E-state index is 12.4. The smallest absolute Gasteiger partial charge is 0.336 e. The van der Waals surface area contributed by atoms with Crippen molar-refractivity contribution < 1.29 is 13.9 Å². The summed E-state index contributed by atoms with van der Waals surface area (Å²) in [6.07, 6.45) is 5.92. The van der Waals surface area contributed by atoms with Gasteiger partial charge in [-0.25, -0.2) is 4.79 Å². The summed E-state index contributed by atoms with van der Waals surface area (Å²) in [7, 11) is 0. The van der Waals surface area contributed by atoms with Gasteiger partial charge < -0.3 is 9.15 Å². The van der Waals surface area contributed by atoms with E-state index in [1.807, 2.05) is 26.0 Å². The Hall–Kier alpha value is -2.36. The third-order valence-corrected chi connectivity index (χ3v) is 4.25. The highest BCUT2D eigenvalue weighted by atomic mass is 16.5. The third-order valence-electron chi connectivity index (χ3n) is 4.25. The van der Waals surface area contributed by atoms with Crippen molar-refractivity contribution in [2.75, 3.05) is 0 Å². The minimum atomic E-state index is -0.449. The second kappa shape index (κ2) is 5.93. The Morgan fingerprint density at radius 3 is 2.62 bits per heavy atom. The van der Waals surface area contributed by atoms with Crippen LogP contribution in [0.1, 0.15) is 62.0 Å². The van der Waals surface area contributed by atoms with Gasteiger partial charge in [-0.2, -0.15) is 0 Å². The SMILES string of the molecule is CCCc1cc(=O)oc2c(C(=O)CC)cc3c(c12)OC(C)(C)C=C3. The molecule has 1 aliphatic heterocycles. The number of aryl methyl sites for hydroxylation is 1. The lowest BCUT2D eigenvalue weighted by Crippen LogP contribution is -2.28. The number of hydrogen-bond acceptors (Lipinski definition) is 4. The van der Waals surface area contributed by atoms with E-state index in [1.165, 1.54) is 6.07 Å². The molecule has 0 radical (unpaired) electrons. The molecule has 0 atom stereocenters. The molecule has 0 spiro atoms. The summed E-state index contributed by atoms with van der Waals surface area (Å²) in [6.45, 7) is 7.81. The van der Waals surface area contributed by atoms with Gasteiger partial charge in [0.15, 0.2) is 11.4 Å². The second-order valence-electron chi connectivity index (χ2n) is 6.70. The van der Waals surface area contributed by atoms with Gasteiger partial charge in [0.05, 0.1) is 10.9 Å². The van der Waals surface area contributed by atoms with Gasteiger partial charge in [0.1, 0.15) is 11.4 Å². The van der Waals surface area contributed by atoms with Gasteiger partial charge in [-0.3, -0.25) is 4.79 Å². The number of Topliss-reactive ketones (excluding diaryl/α,β-unsaturated/α-hetero) is 1. The molecule has 1 aromatic carbocycles. The molecule has 4 heteroatoms. The lowest BCUT2D eigenvalue weighted by Gasteiger charge is -2.29. The molecule has 1 aromatic heterocycles. The largest absolute Gasteiger partial charge is 0.482 e. The lowest BCUT2D eigenvalue weighted by molar-refractivity contribution is 0.0988. The van der Waals surface area contributed by atoms with Crippen LogP contribution < -0.4 is 10.4 Å². The van der Waals surface area contributed by atoms with Crippen LogP contribution in [-0.2, 0) is 6.42 Å². The number of carbonyl (C=O) groups is 1. The van der Waals surface area contributed by atoms with Gasteiger partial charge in [0.25, 0.3) is 0 Å². The van der Waals surface area contributed by atoms with Crippen LogP contribution in [0, 0.1) is 0 Å². The number of fused-ring (bicyclic) bond motifs is 3. The zero-order valence-corrected chi connectivity index (χ0v) is 14.6. The zero-order valence-electron chi connectivity index (χ0n) is 14.6. The summed E-state index contributed by atoms with van der Waals surface area (Å²) < 4.78 is 11.6. The number of ether oxygens (including phenoxy) is 1. The van der Waals surface area contributed by atoms with Crippen LogP contribution in [-0.4, -0.2) is 11.4 Å². The highest BCUT2D eigenvalue weighted by Gasteiger charge is 2.28. The average Bonchev–Trinajstić information content (AvgIpc) is 2.52. The molecule has 126 valence electrons. The topological polar surface area (TPSA) is 56.5 Å². The van der Waals surface area contributed by atoms with Gasteiger partial charge >= 0.3 is 5.63 Å². The van der Waals surface area contributed by atoms with E-state index in [4.69, 9.17) is 9.15 Å². The average molecular weight is 326 g/mol. The molecule has 0 fully saturated rings. The Balaban J connectivity index is 2.45. The first-order valence-corrected chi connectivity index (χ1v) is 8.41. The number of carbonyl (C=O) groups excluding carboxylic acids is 1. The van der Waals surface area contributed by atoms with Crippen molar-refractivity contribution in [3.8, 4) is 5.75 Å². The predicted molar refractivity (Wildman–Crippen MR) is 94.8 cm³/mol. The summed E-state index contributed by atoms with van der Waals surface area (Å²) in [5.41, 5.74) is 1.65. The third kappa shape index (κ3) is 2.77. The van der Waals surface area contributed by atoms with Crippen LogP contribution in [0.15, 0.2) is 27.4 Å². The Morgan fingerprint density at radius 1 is 1.21 bits per heavy atom. The first-order valence-electron chi connectivity index (χ1n) is 8.41. The van der Waals surface area contributed by atoms with Gasteiger partial charge in [-0.15, -0.1) is 0 Å². The fourth-order valence-electron chi connectivity index (χ4n) is 3.10. The minimum absolute atomic E-state index is 0.0437. The summed E-state index contributed by atoms with van der Waals surface area (Å²) in [6, 6.07) is 3.29. The molecule has 0 unspecified atom stereocenters. The molecule has 0 saturated carbocycles. The molecule has 0 saturated heterocycles. The van der Waals surface area contributed by atoms with E-state index in [2.05, 4.69) is 6.92 Å². The number of ketones is 1. The molecule has 1 aliphatic rings. The summed E-state index contributed by atoms with van der Waals surface area (Å²) in [5, 5.41) is 0.753. The molecule has 0 N–H and O–H groups in total. The maximum Gasteiger partial charge on any atom is 0.336 e. The first kappa shape index (κ1) is 16.5. The van der Waals surface area contributed by atoms with Crippen molar-refractivity contribution in [1.82, 2.24) is 0 Å². The Kier molecular flexibility index (Phi) is 4.08. The van der Waals surface area contributed by atoms with Crippen LogP contribution in [0.5, 0.6) is 5.75 Å². The molecule has 0 amide bonds. The van der Waals surface area contributed by atoms with E-state index in [-0.39, 0.29) is 5.78 Å². The summed E-state index contributed by atoms with van der Waals surface area (Å²) in [5.74, 6) is 0.648. The Morgan fingerprint density at radius 2 is 1.96 bits per heavy atom. The number of hydrogen-bond donors (Lipinski definition) is 0. The van der Waals surface area contributed by atoms with Crippen LogP contribution in [0.2, 0.25) is 0 Å². The summed E-state index contributed by atoms with van der Waals surface area (Å²) in [4.78, 5) is 24.4. The molecule has 4 nitrogen and oxygen atoms in total. The molecule has 2 aromatic rings. The van der Waals surface area contributed by atoms with Gasteiger partial charge in [0, 0.05) is 18.1 Å². The van der Waals surface area contributed by atoms with Crippen LogP contribution in [0.25, 0.3) is 17.0 Å². The van der Waals surface area contributed by atoms with Crippen molar-refractivity contribution in [3.05, 3.63) is 45.3 Å².